The molecule has 1 aromatic carbocycles. The molecule has 1 aliphatic heterocycles. The van der Waals surface area contributed by atoms with Crippen molar-refractivity contribution >= 4 is 21.8 Å². The molecule has 1 aliphatic rings. The van der Waals surface area contributed by atoms with Gasteiger partial charge in [-0.15, -0.1) is 0 Å². The first-order valence-corrected chi connectivity index (χ1v) is 6.28. The summed E-state index contributed by atoms with van der Waals surface area (Å²) in [6.07, 6.45) is 0.0382. The van der Waals surface area contributed by atoms with Crippen molar-refractivity contribution in [1.82, 2.24) is 5.32 Å². The van der Waals surface area contributed by atoms with Crippen LogP contribution in [0.3, 0.4) is 0 Å². The van der Waals surface area contributed by atoms with Crippen molar-refractivity contribution < 1.29 is 14.6 Å². The van der Waals surface area contributed by atoms with Crippen LogP contribution in [-0.4, -0.2) is 30.3 Å². The zero-order valence-corrected chi connectivity index (χ0v) is 10.8. The molecule has 92 valence electrons. The summed E-state index contributed by atoms with van der Waals surface area (Å²) in [4.78, 5) is 11.9. The van der Waals surface area contributed by atoms with Crippen LogP contribution in [0.2, 0.25) is 0 Å². The Hall–Kier alpha value is -0.910. The largest absolute Gasteiger partial charge is 0.394 e. The Labute approximate surface area is 108 Å². The molecule has 2 rings (SSSR count). The third kappa shape index (κ3) is 3.06. The van der Waals surface area contributed by atoms with Crippen LogP contribution < -0.4 is 5.32 Å². The third-order valence-electron chi connectivity index (χ3n) is 2.71. The molecule has 1 saturated heterocycles. The summed E-state index contributed by atoms with van der Waals surface area (Å²) < 4.78 is 6.46. The minimum absolute atomic E-state index is 0.0553. The summed E-state index contributed by atoms with van der Waals surface area (Å²) in [7, 11) is 0. The molecule has 2 N–H and O–H groups in total. The van der Waals surface area contributed by atoms with Gasteiger partial charge in [-0.25, -0.2) is 0 Å². The molecule has 1 amide bonds. The second-order valence-electron chi connectivity index (χ2n) is 3.98. The molecule has 0 aliphatic carbocycles. The standard InChI is InChI=1S/C12H14BrNO3/c13-9-3-1-2-8(6-9)11-12(16)14-10(7-15)4-5-17-11/h1-3,6,10-11,15H,4-5,7H2,(H,14,16)/t10-,11?/m0/s1. The maximum absolute atomic E-state index is 11.9. The maximum Gasteiger partial charge on any atom is 0.254 e. The minimum Gasteiger partial charge on any atom is -0.394 e. The molecule has 0 aromatic heterocycles. The molecule has 1 aromatic rings. The SMILES string of the molecule is O=C1N[C@H](CO)CCOC1c1cccc(Br)c1. The van der Waals surface area contributed by atoms with E-state index in [1.165, 1.54) is 0 Å². The lowest BCUT2D eigenvalue weighted by Gasteiger charge is -2.15. The first kappa shape index (κ1) is 12.5. The van der Waals surface area contributed by atoms with Gasteiger partial charge in [-0.1, -0.05) is 28.1 Å². The number of rotatable bonds is 2. The normalized spacial score (nSPS) is 25.2. The number of carbonyl (C=O) groups excluding carboxylic acids is 1. The fraction of sp³-hybridized carbons (Fsp3) is 0.417. The molecule has 0 saturated carbocycles. The number of halogens is 1. The highest BCUT2D eigenvalue weighted by atomic mass is 79.9. The van der Waals surface area contributed by atoms with E-state index in [-0.39, 0.29) is 18.6 Å². The van der Waals surface area contributed by atoms with Crippen LogP contribution in [0.25, 0.3) is 0 Å². The van der Waals surface area contributed by atoms with Crippen LogP contribution in [0, 0.1) is 0 Å². The van der Waals surface area contributed by atoms with Crippen molar-refractivity contribution in [2.24, 2.45) is 0 Å². The Kier molecular flexibility index (Phi) is 4.15. The zero-order valence-electron chi connectivity index (χ0n) is 9.23. The second kappa shape index (κ2) is 5.62. The van der Waals surface area contributed by atoms with Crippen molar-refractivity contribution in [2.75, 3.05) is 13.2 Å². The van der Waals surface area contributed by atoms with Gasteiger partial charge in [0.15, 0.2) is 6.10 Å². The molecule has 0 radical (unpaired) electrons. The van der Waals surface area contributed by atoms with Gasteiger partial charge in [-0.2, -0.15) is 0 Å². The number of hydrogen-bond acceptors (Lipinski definition) is 3. The minimum atomic E-state index is -0.593. The Morgan fingerprint density at radius 1 is 1.53 bits per heavy atom. The Balaban J connectivity index is 2.18. The van der Waals surface area contributed by atoms with Gasteiger partial charge >= 0.3 is 0 Å². The van der Waals surface area contributed by atoms with Crippen molar-refractivity contribution in [3.63, 3.8) is 0 Å². The second-order valence-corrected chi connectivity index (χ2v) is 4.90. The predicted molar refractivity (Wildman–Crippen MR) is 66.5 cm³/mol. The topological polar surface area (TPSA) is 58.6 Å². The molecule has 0 spiro atoms. The van der Waals surface area contributed by atoms with Crippen LogP contribution in [0.5, 0.6) is 0 Å². The lowest BCUT2D eigenvalue weighted by Crippen LogP contribution is -2.38. The van der Waals surface area contributed by atoms with Crippen LogP contribution >= 0.6 is 15.9 Å². The Morgan fingerprint density at radius 2 is 2.35 bits per heavy atom. The smallest absolute Gasteiger partial charge is 0.254 e. The molecule has 4 nitrogen and oxygen atoms in total. The van der Waals surface area contributed by atoms with Crippen molar-refractivity contribution in [3.05, 3.63) is 34.3 Å². The number of hydrogen-bond donors (Lipinski definition) is 2. The Bertz CT molecular complexity index is 410. The summed E-state index contributed by atoms with van der Waals surface area (Å²) in [6, 6.07) is 7.27. The van der Waals surface area contributed by atoms with Crippen LogP contribution in [0.4, 0.5) is 0 Å². The molecule has 1 unspecified atom stereocenters. The van der Waals surface area contributed by atoms with E-state index in [1.807, 2.05) is 24.3 Å². The monoisotopic (exact) mass is 299 g/mol. The molecule has 1 fully saturated rings. The molecule has 1 heterocycles. The van der Waals surface area contributed by atoms with Gasteiger partial charge in [0, 0.05) is 4.47 Å². The van der Waals surface area contributed by atoms with Gasteiger partial charge in [0.05, 0.1) is 19.3 Å². The van der Waals surface area contributed by atoms with Crippen molar-refractivity contribution in [2.45, 2.75) is 18.6 Å². The van der Waals surface area contributed by atoms with E-state index in [0.717, 1.165) is 10.0 Å². The number of carbonyl (C=O) groups is 1. The summed E-state index contributed by atoms with van der Waals surface area (Å²) in [5.41, 5.74) is 0.815. The summed E-state index contributed by atoms with van der Waals surface area (Å²) in [5.74, 6) is -0.195. The van der Waals surface area contributed by atoms with Gasteiger partial charge < -0.3 is 15.2 Å². The van der Waals surface area contributed by atoms with Crippen molar-refractivity contribution in [3.8, 4) is 0 Å². The van der Waals surface area contributed by atoms with Gasteiger partial charge in [-0.3, -0.25) is 4.79 Å². The van der Waals surface area contributed by atoms with Gasteiger partial charge in [0.25, 0.3) is 5.91 Å². The number of aliphatic hydroxyl groups excluding tert-OH is 1. The van der Waals surface area contributed by atoms with E-state index in [0.29, 0.717) is 13.0 Å². The van der Waals surface area contributed by atoms with Crippen molar-refractivity contribution in [1.29, 1.82) is 0 Å². The summed E-state index contributed by atoms with van der Waals surface area (Å²) in [6.45, 7) is 0.404. The van der Waals surface area contributed by atoms with E-state index < -0.39 is 6.10 Å². The van der Waals surface area contributed by atoms with Gasteiger partial charge in [-0.05, 0) is 24.1 Å². The molecular formula is C12H14BrNO3. The predicted octanol–water partition coefficient (Wildman–Crippen LogP) is 1.39. The maximum atomic E-state index is 11.9. The number of ether oxygens (including phenoxy) is 1. The first-order valence-electron chi connectivity index (χ1n) is 5.49. The molecule has 17 heavy (non-hydrogen) atoms. The molecular weight excluding hydrogens is 286 g/mol. The first-order chi connectivity index (χ1) is 8.20. The molecule has 0 bridgehead atoms. The average Bonchev–Trinajstić information content (AvgIpc) is 2.50. The van der Waals surface area contributed by atoms with Crippen LogP contribution in [0.1, 0.15) is 18.1 Å². The highest BCUT2D eigenvalue weighted by Gasteiger charge is 2.27. The highest BCUT2D eigenvalue weighted by Crippen LogP contribution is 2.23. The van der Waals surface area contributed by atoms with E-state index in [1.54, 1.807) is 0 Å². The lowest BCUT2D eigenvalue weighted by atomic mass is 10.1. The lowest BCUT2D eigenvalue weighted by molar-refractivity contribution is -0.131. The van der Waals surface area contributed by atoms with Crippen LogP contribution in [0.15, 0.2) is 28.7 Å². The zero-order chi connectivity index (χ0) is 12.3. The fourth-order valence-electron chi connectivity index (χ4n) is 1.81. The Morgan fingerprint density at radius 3 is 3.06 bits per heavy atom. The van der Waals surface area contributed by atoms with Gasteiger partial charge in [0.2, 0.25) is 0 Å². The number of amides is 1. The summed E-state index contributed by atoms with van der Waals surface area (Å²) in [5, 5.41) is 11.8. The molecule has 2 atom stereocenters. The van der Waals surface area contributed by atoms with Crippen LogP contribution in [-0.2, 0) is 9.53 Å². The number of aliphatic hydroxyl groups is 1. The fourth-order valence-corrected chi connectivity index (χ4v) is 2.22. The third-order valence-corrected chi connectivity index (χ3v) is 3.20. The van der Waals surface area contributed by atoms with E-state index in [2.05, 4.69) is 21.2 Å². The van der Waals surface area contributed by atoms with E-state index in [9.17, 15) is 4.79 Å². The number of benzene rings is 1. The summed E-state index contributed by atoms with van der Waals surface area (Å²) >= 11 is 3.37. The van der Waals surface area contributed by atoms with E-state index in [4.69, 9.17) is 9.84 Å². The van der Waals surface area contributed by atoms with E-state index >= 15 is 0 Å². The highest BCUT2D eigenvalue weighted by molar-refractivity contribution is 9.10. The van der Waals surface area contributed by atoms with Gasteiger partial charge in [0.1, 0.15) is 0 Å². The number of nitrogens with one attached hydrogen (secondary N) is 1. The molecule has 5 heteroatoms. The quantitative estimate of drug-likeness (QED) is 0.868. The average molecular weight is 300 g/mol.